The number of aromatic nitrogens is 3. The minimum Gasteiger partial charge on any atom is -0.394 e. The lowest BCUT2D eigenvalue weighted by molar-refractivity contribution is 0.0948. The molecule has 3 heterocycles. The van der Waals surface area contributed by atoms with Gasteiger partial charge in [0.15, 0.2) is 0 Å². The molecular weight excluding hydrogens is 539 g/mol. The third-order valence-electron chi connectivity index (χ3n) is 7.57. The second-order valence-electron chi connectivity index (χ2n) is 10.4. The van der Waals surface area contributed by atoms with Crippen LogP contribution in [0.4, 0.5) is 10.2 Å². The van der Waals surface area contributed by atoms with E-state index in [-0.39, 0.29) is 12.1 Å². The van der Waals surface area contributed by atoms with Gasteiger partial charge < -0.3 is 29.9 Å². The maximum absolute atomic E-state index is 13.8. The summed E-state index contributed by atoms with van der Waals surface area (Å²) in [5.74, 6) is -0.320. The molecule has 42 heavy (non-hydrogen) atoms. The Hall–Kier alpha value is -4.19. The van der Waals surface area contributed by atoms with E-state index in [2.05, 4.69) is 20.5 Å². The molecule has 0 radical (unpaired) electrons. The van der Waals surface area contributed by atoms with Crippen LogP contribution in [-0.2, 0) is 11.3 Å². The van der Waals surface area contributed by atoms with E-state index in [0.29, 0.717) is 22.9 Å². The van der Waals surface area contributed by atoms with Crippen LogP contribution >= 0.6 is 0 Å². The van der Waals surface area contributed by atoms with Crippen LogP contribution in [0.25, 0.3) is 11.0 Å². The van der Waals surface area contributed by atoms with Crippen molar-refractivity contribution in [3.8, 4) is 0 Å². The molecule has 1 amide bonds. The van der Waals surface area contributed by atoms with Crippen LogP contribution in [0.3, 0.4) is 0 Å². The predicted octanol–water partition coefficient (Wildman–Crippen LogP) is 2.97. The Kier molecular flexibility index (Phi) is 9.52. The molecule has 1 atom stereocenters. The van der Waals surface area contributed by atoms with Crippen molar-refractivity contribution in [1.82, 2.24) is 24.8 Å². The second-order valence-corrected chi connectivity index (χ2v) is 10.4. The zero-order valence-corrected chi connectivity index (χ0v) is 23.5. The van der Waals surface area contributed by atoms with Gasteiger partial charge in [-0.2, -0.15) is 0 Å². The maximum atomic E-state index is 13.8. The van der Waals surface area contributed by atoms with Crippen LogP contribution in [0.1, 0.15) is 40.4 Å². The van der Waals surface area contributed by atoms with Crippen molar-refractivity contribution in [2.75, 3.05) is 45.3 Å². The second kappa shape index (κ2) is 13.6. The average Bonchev–Trinajstić information content (AvgIpc) is 3.00. The first kappa shape index (κ1) is 29.3. The van der Waals surface area contributed by atoms with E-state index >= 15 is 0 Å². The molecule has 220 valence electrons. The zero-order valence-electron chi connectivity index (χ0n) is 23.5. The van der Waals surface area contributed by atoms with Gasteiger partial charge in [0.05, 0.1) is 36.5 Å². The van der Waals surface area contributed by atoms with Gasteiger partial charge >= 0.3 is 0 Å². The van der Waals surface area contributed by atoms with Crippen molar-refractivity contribution in [2.45, 2.75) is 31.5 Å². The fourth-order valence-electron chi connectivity index (χ4n) is 5.24. The number of fused-ring (bicyclic) bond motifs is 1. The molecule has 0 spiro atoms. The van der Waals surface area contributed by atoms with Gasteiger partial charge in [0.1, 0.15) is 17.2 Å². The maximum Gasteiger partial charge on any atom is 0.264 e. The Morgan fingerprint density at radius 2 is 1.98 bits per heavy atom. The van der Waals surface area contributed by atoms with Gasteiger partial charge in [-0.05, 0) is 60.4 Å². The summed E-state index contributed by atoms with van der Waals surface area (Å²) in [6, 6.07) is 13.7. The minimum atomic E-state index is -0.828. The van der Waals surface area contributed by atoms with Crippen LogP contribution in [0, 0.1) is 5.82 Å². The summed E-state index contributed by atoms with van der Waals surface area (Å²) in [7, 11) is 1.72. The predicted molar refractivity (Wildman–Crippen MR) is 158 cm³/mol. The normalized spacial score (nSPS) is 15.0. The highest BCUT2D eigenvalue weighted by Gasteiger charge is 2.20. The first-order valence-electron chi connectivity index (χ1n) is 14.0. The number of carbonyl (C=O) groups is 1. The number of amides is 1. The number of nitrogens with one attached hydrogen (secondary N) is 2. The molecule has 0 bridgehead atoms. The van der Waals surface area contributed by atoms with Crippen LogP contribution in [-0.4, -0.2) is 76.4 Å². The first-order valence-corrected chi connectivity index (χ1v) is 14.0. The van der Waals surface area contributed by atoms with E-state index in [4.69, 9.17) is 9.72 Å². The number of hydrogen-bond donors (Lipinski definition) is 3. The van der Waals surface area contributed by atoms with Crippen molar-refractivity contribution < 1.29 is 19.0 Å². The Labute approximate surface area is 243 Å². The topological polar surface area (TPSA) is 122 Å². The molecule has 3 N–H and O–H groups in total. The number of rotatable bonds is 11. The Balaban J connectivity index is 1.24. The number of benzene rings is 2. The lowest BCUT2D eigenvalue weighted by atomic mass is 10.1. The summed E-state index contributed by atoms with van der Waals surface area (Å²) in [6.45, 7) is 3.43. The number of methoxy groups -OCH3 is 1. The highest BCUT2D eigenvalue weighted by atomic mass is 19.1. The Bertz CT molecular complexity index is 1590. The lowest BCUT2D eigenvalue weighted by Gasteiger charge is -2.32. The molecule has 2 aromatic heterocycles. The molecule has 2 aromatic carbocycles. The van der Waals surface area contributed by atoms with Crippen molar-refractivity contribution in [3.63, 3.8) is 0 Å². The highest BCUT2D eigenvalue weighted by molar-refractivity contribution is 5.93. The summed E-state index contributed by atoms with van der Waals surface area (Å²) in [6.07, 6.45) is 5.24. The molecule has 0 unspecified atom stereocenters. The van der Waals surface area contributed by atoms with Crippen molar-refractivity contribution in [2.24, 2.45) is 0 Å². The van der Waals surface area contributed by atoms with Gasteiger partial charge in [0.2, 0.25) is 0 Å². The summed E-state index contributed by atoms with van der Waals surface area (Å²) in [5, 5.41) is 16.3. The van der Waals surface area contributed by atoms with Gasteiger partial charge in [0.25, 0.3) is 11.5 Å². The van der Waals surface area contributed by atoms with Crippen LogP contribution in [0.5, 0.6) is 0 Å². The molecule has 1 fully saturated rings. The van der Waals surface area contributed by atoms with Gasteiger partial charge in [0, 0.05) is 45.5 Å². The molecule has 0 saturated carbocycles. The van der Waals surface area contributed by atoms with Crippen molar-refractivity contribution in [3.05, 3.63) is 99.9 Å². The zero-order chi connectivity index (χ0) is 29.5. The van der Waals surface area contributed by atoms with Crippen molar-refractivity contribution >= 4 is 22.8 Å². The number of aliphatic hydroxyl groups is 1. The largest absolute Gasteiger partial charge is 0.394 e. The number of carbonyl (C=O) groups excluding carboxylic acids is 1. The van der Waals surface area contributed by atoms with E-state index < -0.39 is 29.9 Å². The number of halogens is 1. The molecular formula is C31H35FN6O4. The van der Waals surface area contributed by atoms with Gasteiger partial charge in [-0.25, -0.2) is 9.37 Å². The molecule has 11 heteroatoms. The number of hydrogen-bond acceptors (Lipinski definition) is 8. The summed E-state index contributed by atoms with van der Waals surface area (Å²) in [4.78, 5) is 37.9. The van der Waals surface area contributed by atoms with E-state index in [1.807, 2.05) is 18.2 Å². The van der Waals surface area contributed by atoms with Crippen LogP contribution < -0.4 is 16.2 Å². The molecule has 5 rings (SSSR count). The Morgan fingerprint density at radius 3 is 2.74 bits per heavy atom. The van der Waals surface area contributed by atoms with Gasteiger partial charge in [-0.3, -0.25) is 14.6 Å². The fraction of sp³-hybridized carbons (Fsp3) is 0.355. The number of piperidine rings is 1. The quantitative estimate of drug-likeness (QED) is 0.250. The standard InChI is InChI=1S/C31H35FN6O4/c1-42-15-14-37-12-9-24(10-13-37)35-29-19-33-26-8-7-21(16-27(26)36-29)18-34-30(40)25-6-3-11-38(31(25)41)28(20-39)22-4-2-5-23(32)17-22/h2-8,11,16-17,19,24,28,39H,9-10,12-15,18,20H2,1H3,(H,34,40)(H,35,36)/t28-/m1/s1. The highest BCUT2D eigenvalue weighted by Crippen LogP contribution is 2.19. The molecule has 1 aliphatic heterocycles. The van der Waals surface area contributed by atoms with Crippen molar-refractivity contribution in [1.29, 1.82) is 0 Å². The molecule has 4 aromatic rings. The number of aliphatic hydroxyl groups excluding tert-OH is 1. The minimum absolute atomic E-state index is 0.0762. The summed E-state index contributed by atoms with van der Waals surface area (Å²) < 4.78 is 20.2. The third-order valence-corrected chi connectivity index (χ3v) is 7.57. The average molecular weight is 575 g/mol. The lowest BCUT2D eigenvalue weighted by Crippen LogP contribution is -2.40. The number of anilines is 1. The van der Waals surface area contributed by atoms with Crippen LogP contribution in [0.15, 0.2) is 71.8 Å². The monoisotopic (exact) mass is 574 g/mol. The summed E-state index contributed by atoms with van der Waals surface area (Å²) >= 11 is 0. The third kappa shape index (κ3) is 6.99. The van der Waals surface area contributed by atoms with E-state index in [0.717, 1.165) is 50.2 Å². The summed E-state index contributed by atoms with van der Waals surface area (Å²) in [5.41, 5.74) is 2.01. The Morgan fingerprint density at radius 1 is 1.14 bits per heavy atom. The van der Waals surface area contributed by atoms with Gasteiger partial charge in [-0.15, -0.1) is 0 Å². The van der Waals surface area contributed by atoms with Crippen LogP contribution in [0.2, 0.25) is 0 Å². The molecule has 1 aliphatic rings. The van der Waals surface area contributed by atoms with E-state index in [1.165, 1.54) is 35.0 Å². The number of likely N-dealkylation sites (tertiary alicyclic amines) is 1. The first-order chi connectivity index (χ1) is 20.4. The number of ether oxygens (including phenoxy) is 1. The molecule has 1 saturated heterocycles. The van der Waals surface area contributed by atoms with E-state index in [1.54, 1.807) is 25.4 Å². The number of nitrogens with zero attached hydrogens (tertiary/aromatic N) is 4. The number of pyridine rings is 1. The smallest absolute Gasteiger partial charge is 0.264 e. The SMILES string of the molecule is COCCN1CCC(Nc2cnc3ccc(CNC(=O)c4cccn([C@H](CO)c5cccc(F)c5)c4=O)cc3n2)CC1. The molecule has 10 nitrogen and oxygen atoms in total. The van der Waals surface area contributed by atoms with Gasteiger partial charge in [-0.1, -0.05) is 18.2 Å². The van der Waals surface area contributed by atoms with E-state index in [9.17, 15) is 19.1 Å². The fourth-order valence-corrected chi connectivity index (χ4v) is 5.24. The molecule has 0 aliphatic carbocycles.